The smallest absolute Gasteiger partial charge is 0.265 e. The Balaban J connectivity index is 1.61. The van der Waals surface area contributed by atoms with Gasteiger partial charge in [-0.15, -0.1) is 0 Å². The van der Waals surface area contributed by atoms with Gasteiger partial charge >= 0.3 is 0 Å². The van der Waals surface area contributed by atoms with E-state index < -0.39 is 11.8 Å². The van der Waals surface area contributed by atoms with E-state index in [-0.39, 0.29) is 13.1 Å². The summed E-state index contributed by atoms with van der Waals surface area (Å²) in [6, 6.07) is 2.17. The summed E-state index contributed by atoms with van der Waals surface area (Å²) in [5.74, 6) is -2.44. The fourth-order valence-corrected chi connectivity index (χ4v) is 2.35. The molecule has 1 unspecified atom stereocenters. The Morgan fingerprint density at radius 1 is 1.39 bits per heavy atom. The van der Waals surface area contributed by atoms with Crippen molar-refractivity contribution in [2.24, 2.45) is 5.92 Å². The normalized spacial score (nSPS) is 27.1. The largest absolute Gasteiger partial charge is 0.370 e. The van der Waals surface area contributed by atoms with E-state index in [0.717, 1.165) is 18.9 Å². The van der Waals surface area contributed by atoms with Crippen LogP contribution in [0.5, 0.6) is 0 Å². The third-order valence-electron chi connectivity index (χ3n) is 3.65. The zero-order chi connectivity index (χ0) is 12.6. The molecular formula is C11H17F2N5. The van der Waals surface area contributed by atoms with E-state index in [4.69, 9.17) is 0 Å². The van der Waals surface area contributed by atoms with E-state index in [9.17, 15) is 8.78 Å². The minimum Gasteiger partial charge on any atom is -0.370 e. The number of nitrogens with one attached hydrogen (secondary N) is 3. The molecule has 1 aromatic rings. The van der Waals surface area contributed by atoms with Crippen LogP contribution >= 0.6 is 0 Å². The van der Waals surface area contributed by atoms with Crippen LogP contribution in [-0.4, -0.2) is 48.4 Å². The van der Waals surface area contributed by atoms with Crippen molar-refractivity contribution in [3.05, 3.63) is 12.3 Å². The summed E-state index contributed by atoms with van der Waals surface area (Å²) >= 11 is 0. The molecule has 0 bridgehead atoms. The highest BCUT2D eigenvalue weighted by atomic mass is 19.3. The van der Waals surface area contributed by atoms with Gasteiger partial charge in [0, 0.05) is 32.2 Å². The average Bonchev–Trinajstić information content (AvgIpc) is 2.80. The first-order valence-corrected chi connectivity index (χ1v) is 6.23. The second-order valence-corrected chi connectivity index (χ2v) is 4.94. The molecule has 0 radical (unpaired) electrons. The Hall–Kier alpha value is -1.21. The average molecular weight is 257 g/mol. The maximum atomic E-state index is 13.4. The molecule has 7 heteroatoms. The van der Waals surface area contributed by atoms with Gasteiger partial charge in [0.25, 0.3) is 5.92 Å². The summed E-state index contributed by atoms with van der Waals surface area (Å²) < 4.78 is 28.8. The fourth-order valence-electron chi connectivity index (χ4n) is 2.35. The van der Waals surface area contributed by atoms with E-state index >= 15 is 0 Å². The van der Waals surface area contributed by atoms with Crippen molar-refractivity contribution in [3.63, 3.8) is 0 Å². The lowest BCUT2D eigenvalue weighted by Gasteiger charge is -2.29. The molecule has 2 fully saturated rings. The Bertz CT molecular complexity index is 415. The molecular weight excluding hydrogens is 240 g/mol. The Kier molecular flexibility index (Phi) is 2.95. The van der Waals surface area contributed by atoms with Gasteiger partial charge in [-0.05, 0) is 0 Å². The van der Waals surface area contributed by atoms with E-state index in [1.54, 1.807) is 6.20 Å². The van der Waals surface area contributed by atoms with E-state index in [2.05, 4.69) is 21.0 Å². The zero-order valence-electron chi connectivity index (χ0n) is 10.00. The molecule has 0 aromatic carbocycles. The highest BCUT2D eigenvalue weighted by Crippen LogP contribution is 2.28. The lowest BCUT2D eigenvalue weighted by molar-refractivity contribution is -0.0167. The third kappa shape index (κ3) is 2.08. The molecule has 2 saturated heterocycles. The second kappa shape index (κ2) is 4.47. The van der Waals surface area contributed by atoms with Gasteiger partial charge in [0.15, 0.2) is 0 Å². The molecule has 1 aromatic heterocycles. The van der Waals surface area contributed by atoms with Crippen molar-refractivity contribution in [2.75, 3.05) is 38.0 Å². The number of anilines is 1. The summed E-state index contributed by atoms with van der Waals surface area (Å²) in [4.78, 5) is 0. The summed E-state index contributed by atoms with van der Waals surface area (Å²) in [5.41, 5.74) is 0. The van der Waals surface area contributed by atoms with Gasteiger partial charge in [0.05, 0.1) is 24.7 Å². The summed E-state index contributed by atoms with van der Waals surface area (Å²) in [6.45, 7) is 2.19. The number of nitrogens with zero attached hydrogens (tertiary/aromatic N) is 2. The minimum atomic E-state index is -2.62. The highest BCUT2D eigenvalue weighted by molar-refractivity contribution is 5.35. The molecule has 0 aliphatic carbocycles. The van der Waals surface area contributed by atoms with Gasteiger partial charge in [0.1, 0.15) is 5.82 Å². The van der Waals surface area contributed by atoms with E-state index in [0.29, 0.717) is 12.6 Å². The number of halogens is 2. The molecule has 18 heavy (non-hydrogen) atoms. The van der Waals surface area contributed by atoms with Crippen LogP contribution in [0.4, 0.5) is 14.6 Å². The molecule has 2 aliphatic heterocycles. The first-order chi connectivity index (χ1) is 8.67. The predicted octanol–water partition coefficient (Wildman–Crippen LogP) is 0.294. The van der Waals surface area contributed by atoms with Crippen molar-refractivity contribution < 1.29 is 8.78 Å². The highest BCUT2D eigenvalue weighted by Gasteiger charge is 2.43. The first-order valence-electron chi connectivity index (χ1n) is 6.23. The van der Waals surface area contributed by atoms with Gasteiger partial charge in [-0.3, -0.25) is 0 Å². The maximum Gasteiger partial charge on any atom is 0.265 e. The quantitative estimate of drug-likeness (QED) is 0.726. The topological polar surface area (TPSA) is 53.9 Å². The van der Waals surface area contributed by atoms with Gasteiger partial charge in [-0.2, -0.15) is 5.10 Å². The molecule has 0 saturated carbocycles. The Morgan fingerprint density at radius 2 is 2.22 bits per heavy atom. The molecule has 5 nitrogen and oxygen atoms in total. The SMILES string of the molecule is FC1(F)CNCC1CNc1ccnn1C1CNC1. The van der Waals surface area contributed by atoms with E-state index in [1.165, 1.54) is 0 Å². The van der Waals surface area contributed by atoms with Crippen molar-refractivity contribution in [1.82, 2.24) is 20.4 Å². The molecule has 3 rings (SSSR count). The van der Waals surface area contributed by atoms with Crippen LogP contribution < -0.4 is 16.0 Å². The summed E-state index contributed by atoms with van der Waals surface area (Å²) in [5, 5.41) is 13.2. The van der Waals surface area contributed by atoms with Gasteiger partial charge in [-0.1, -0.05) is 0 Å². The zero-order valence-corrected chi connectivity index (χ0v) is 10.00. The van der Waals surface area contributed by atoms with Crippen molar-refractivity contribution in [3.8, 4) is 0 Å². The Morgan fingerprint density at radius 3 is 2.83 bits per heavy atom. The Labute approximate surface area is 104 Å². The maximum absolute atomic E-state index is 13.4. The van der Waals surface area contributed by atoms with Crippen LogP contribution in [0.15, 0.2) is 12.3 Å². The van der Waals surface area contributed by atoms with E-state index in [1.807, 2.05) is 10.7 Å². The molecule has 3 heterocycles. The third-order valence-corrected chi connectivity index (χ3v) is 3.65. The number of hydrogen-bond acceptors (Lipinski definition) is 4. The predicted molar refractivity (Wildman–Crippen MR) is 63.9 cm³/mol. The molecule has 3 N–H and O–H groups in total. The number of aromatic nitrogens is 2. The van der Waals surface area contributed by atoms with Crippen LogP contribution in [0, 0.1) is 5.92 Å². The molecule has 0 amide bonds. The first kappa shape index (κ1) is 11.9. The molecule has 0 spiro atoms. The van der Waals surface area contributed by atoms with Crippen LogP contribution in [0.2, 0.25) is 0 Å². The van der Waals surface area contributed by atoms with Crippen LogP contribution in [0.3, 0.4) is 0 Å². The monoisotopic (exact) mass is 257 g/mol. The molecule has 1 atom stereocenters. The second-order valence-electron chi connectivity index (χ2n) is 4.94. The van der Waals surface area contributed by atoms with Crippen LogP contribution in [0.25, 0.3) is 0 Å². The van der Waals surface area contributed by atoms with Crippen LogP contribution in [-0.2, 0) is 0 Å². The summed E-state index contributed by atoms with van der Waals surface area (Å²) in [6.07, 6.45) is 1.70. The van der Waals surface area contributed by atoms with Crippen molar-refractivity contribution in [2.45, 2.75) is 12.0 Å². The lowest BCUT2D eigenvalue weighted by Crippen LogP contribution is -2.44. The minimum absolute atomic E-state index is 0.217. The number of rotatable bonds is 4. The standard InChI is InChI=1S/C11H17F2N5/c12-11(13)7-15-3-8(11)4-16-10-1-2-17-18(10)9-5-14-6-9/h1-2,8-9,14-16H,3-7H2. The van der Waals surface area contributed by atoms with Crippen molar-refractivity contribution >= 4 is 5.82 Å². The fraction of sp³-hybridized carbons (Fsp3) is 0.727. The molecule has 2 aliphatic rings. The molecule has 100 valence electrons. The van der Waals surface area contributed by atoms with Crippen LogP contribution in [0.1, 0.15) is 6.04 Å². The van der Waals surface area contributed by atoms with Gasteiger partial charge in [-0.25, -0.2) is 13.5 Å². The summed E-state index contributed by atoms with van der Waals surface area (Å²) in [7, 11) is 0. The lowest BCUT2D eigenvalue weighted by atomic mass is 10.1. The van der Waals surface area contributed by atoms with Gasteiger partial charge < -0.3 is 16.0 Å². The number of hydrogen-bond donors (Lipinski definition) is 3. The van der Waals surface area contributed by atoms with Gasteiger partial charge in [0.2, 0.25) is 0 Å². The number of alkyl halides is 2. The van der Waals surface area contributed by atoms with Crippen molar-refractivity contribution in [1.29, 1.82) is 0 Å².